The summed E-state index contributed by atoms with van der Waals surface area (Å²) in [6.07, 6.45) is 0. The molecule has 0 saturated carbocycles. The number of rotatable bonds is 6. The molecular formula is C49H31N3O2. The molecule has 0 amide bonds. The molecule has 0 saturated heterocycles. The Hall–Kier alpha value is -7.37. The standard InChI is InChI=1S/C49H31N3O2/c53-42-29-28-39(41-20-11-19-40-38-18-9-10-21-43(38)54-46(40)41)45(44(42)34-15-5-2-6-16-34)49-51-47(35-25-22-33(23-26-35)31-12-3-1-4-13-31)50-48(52-49)37-27-24-32-14-7-8-17-36(32)30-37/h1-30,53H. The number of benzene rings is 8. The molecule has 0 unspecified atom stereocenters. The average Bonchev–Trinajstić information content (AvgIpc) is 3.63. The summed E-state index contributed by atoms with van der Waals surface area (Å²) in [5.74, 6) is 1.62. The van der Waals surface area contributed by atoms with Crippen molar-refractivity contribution in [3.63, 3.8) is 0 Å². The fourth-order valence-electron chi connectivity index (χ4n) is 7.42. The molecule has 1 N–H and O–H groups in total. The number of fused-ring (bicyclic) bond motifs is 4. The highest BCUT2D eigenvalue weighted by molar-refractivity contribution is 6.11. The molecule has 2 aromatic heterocycles. The minimum absolute atomic E-state index is 0.123. The number of furan rings is 1. The van der Waals surface area contributed by atoms with Crippen molar-refractivity contribution in [2.75, 3.05) is 0 Å². The van der Waals surface area contributed by atoms with Gasteiger partial charge in [0.05, 0.1) is 0 Å². The molecule has 0 aliphatic carbocycles. The fourth-order valence-corrected chi connectivity index (χ4v) is 7.42. The molecule has 0 atom stereocenters. The first kappa shape index (κ1) is 31.4. The van der Waals surface area contributed by atoms with Crippen LogP contribution in [0.4, 0.5) is 0 Å². The summed E-state index contributed by atoms with van der Waals surface area (Å²) in [6, 6.07) is 61.0. The van der Waals surface area contributed by atoms with Gasteiger partial charge in [-0.2, -0.15) is 0 Å². The smallest absolute Gasteiger partial charge is 0.165 e. The van der Waals surface area contributed by atoms with Gasteiger partial charge in [0.2, 0.25) is 0 Å². The molecule has 10 rings (SSSR count). The van der Waals surface area contributed by atoms with Crippen molar-refractivity contribution in [3.8, 4) is 73.3 Å². The second-order valence-corrected chi connectivity index (χ2v) is 13.3. The number of hydrogen-bond donors (Lipinski definition) is 1. The Bertz CT molecular complexity index is 2990. The minimum atomic E-state index is 0.123. The topological polar surface area (TPSA) is 72.0 Å². The summed E-state index contributed by atoms with van der Waals surface area (Å²) in [5.41, 5.74) is 9.36. The Kier molecular flexibility index (Phi) is 7.55. The Morgan fingerprint density at radius 3 is 1.76 bits per heavy atom. The third kappa shape index (κ3) is 5.47. The van der Waals surface area contributed by atoms with Crippen LogP contribution in [0.3, 0.4) is 0 Å². The molecule has 0 spiro atoms. The highest BCUT2D eigenvalue weighted by atomic mass is 16.3. The Labute approximate surface area is 311 Å². The van der Waals surface area contributed by atoms with Gasteiger partial charge in [-0.1, -0.05) is 158 Å². The Morgan fingerprint density at radius 2 is 0.963 bits per heavy atom. The van der Waals surface area contributed by atoms with Gasteiger partial charge >= 0.3 is 0 Å². The number of aromatic nitrogens is 3. The lowest BCUT2D eigenvalue weighted by atomic mass is 9.89. The molecule has 2 heterocycles. The maximum Gasteiger partial charge on any atom is 0.165 e. The van der Waals surface area contributed by atoms with Gasteiger partial charge in [0.15, 0.2) is 17.5 Å². The van der Waals surface area contributed by atoms with Crippen molar-refractivity contribution in [1.82, 2.24) is 15.0 Å². The summed E-state index contributed by atoms with van der Waals surface area (Å²) in [4.78, 5) is 15.6. The van der Waals surface area contributed by atoms with E-state index in [1.807, 2.05) is 91.0 Å². The lowest BCUT2D eigenvalue weighted by Crippen LogP contribution is -2.03. The largest absolute Gasteiger partial charge is 0.507 e. The van der Waals surface area contributed by atoms with E-state index in [-0.39, 0.29) is 5.75 Å². The van der Waals surface area contributed by atoms with Crippen LogP contribution >= 0.6 is 0 Å². The number of phenolic OH excluding ortho intramolecular Hbond substituents is 1. The van der Waals surface area contributed by atoms with Gasteiger partial charge in [0.25, 0.3) is 0 Å². The first-order valence-electron chi connectivity index (χ1n) is 17.9. The van der Waals surface area contributed by atoms with Crippen LogP contribution in [0.2, 0.25) is 0 Å². The predicted octanol–water partition coefficient (Wildman–Crippen LogP) is 12.6. The monoisotopic (exact) mass is 693 g/mol. The second kappa shape index (κ2) is 13.0. The van der Waals surface area contributed by atoms with Crippen LogP contribution in [-0.2, 0) is 0 Å². The SMILES string of the molecule is Oc1ccc(-c2cccc3c2oc2ccccc23)c(-c2nc(-c3ccc(-c4ccccc4)cc3)nc(-c3ccc4ccccc4c3)n2)c1-c1ccccc1. The van der Waals surface area contributed by atoms with E-state index < -0.39 is 0 Å². The van der Waals surface area contributed by atoms with Gasteiger partial charge in [-0.25, -0.2) is 15.0 Å². The zero-order valence-corrected chi connectivity index (χ0v) is 29.0. The van der Waals surface area contributed by atoms with Crippen LogP contribution in [-0.4, -0.2) is 20.1 Å². The van der Waals surface area contributed by atoms with Crippen LogP contribution in [0.1, 0.15) is 0 Å². The molecule has 0 bridgehead atoms. The van der Waals surface area contributed by atoms with Gasteiger partial charge < -0.3 is 9.52 Å². The van der Waals surface area contributed by atoms with E-state index in [4.69, 9.17) is 19.4 Å². The zero-order chi connectivity index (χ0) is 36.0. The maximum atomic E-state index is 11.7. The van der Waals surface area contributed by atoms with Crippen molar-refractivity contribution >= 4 is 32.7 Å². The third-order valence-electron chi connectivity index (χ3n) is 10.1. The number of aromatic hydroxyl groups is 1. The summed E-state index contributed by atoms with van der Waals surface area (Å²) in [5, 5.41) is 16.0. The molecule has 5 nitrogen and oxygen atoms in total. The molecule has 0 aliphatic rings. The quantitative estimate of drug-likeness (QED) is 0.188. The number of para-hydroxylation sites is 2. The highest BCUT2D eigenvalue weighted by Gasteiger charge is 2.24. The van der Waals surface area contributed by atoms with Crippen LogP contribution in [0.15, 0.2) is 186 Å². The third-order valence-corrected chi connectivity index (χ3v) is 10.1. The van der Waals surface area contributed by atoms with E-state index in [0.717, 1.165) is 71.7 Å². The van der Waals surface area contributed by atoms with Crippen molar-refractivity contribution in [3.05, 3.63) is 182 Å². The van der Waals surface area contributed by atoms with Gasteiger partial charge in [-0.05, 0) is 57.3 Å². The normalized spacial score (nSPS) is 11.4. The maximum absolute atomic E-state index is 11.7. The first-order chi connectivity index (χ1) is 26.7. The molecule has 254 valence electrons. The average molecular weight is 694 g/mol. The van der Waals surface area contributed by atoms with E-state index in [2.05, 4.69) is 84.9 Å². The van der Waals surface area contributed by atoms with E-state index in [0.29, 0.717) is 28.6 Å². The van der Waals surface area contributed by atoms with Gasteiger partial charge in [0, 0.05) is 38.6 Å². The number of nitrogens with zero attached hydrogens (tertiary/aromatic N) is 3. The summed E-state index contributed by atoms with van der Waals surface area (Å²) in [7, 11) is 0. The van der Waals surface area contributed by atoms with Crippen molar-refractivity contribution in [2.24, 2.45) is 0 Å². The second-order valence-electron chi connectivity index (χ2n) is 13.3. The van der Waals surface area contributed by atoms with Gasteiger partial charge in [-0.3, -0.25) is 0 Å². The van der Waals surface area contributed by atoms with E-state index in [1.165, 1.54) is 0 Å². The first-order valence-corrected chi connectivity index (χ1v) is 17.9. The van der Waals surface area contributed by atoms with Crippen molar-refractivity contribution in [2.45, 2.75) is 0 Å². The van der Waals surface area contributed by atoms with E-state index in [1.54, 1.807) is 6.07 Å². The van der Waals surface area contributed by atoms with Crippen LogP contribution < -0.4 is 0 Å². The van der Waals surface area contributed by atoms with E-state index in [9.17, 15) is 5.11 Å². The molecule has 0 fully saturated rings. The highest BCUT2D eigenvalue weighted by Crippen LogP contribution is 2.47. The molecule has 54 heavy (non-hydrogen) atoms. The van der Waals surface area contributed by atoms with Crippen molar-refractivity contribution in [1.29, 1.82) is 0 Å². The van der Waals surface area contributed by atoms with Crippen LogP contribution in [0.25, 0.3) is 100 Å². The Balaban J connectivity index is 1.26. The molecule has 5 heteroatoms. The summed E-state index contributed by atoms with van der Waals surface area (Å²) in [6.45, 7) is 0. The lowest BCUT2D eigenvalue weighted by molar-refractivity contribution is 0.477. The lowest BCUT2D eigenvalue weighted by Gasteiger charge is -2.18. The minimum Gasteiger partial charge on any atom is -0.507 e. The van der Waals surface area contributed by atoms with Crippen LogP contribution in [0.5, 0.6) is 5.75 Å². The molecule has 0 aliphatic heterocycles. The molecular weight excluding hydrogens is 663 g/mol. The summed E-state index contributed by atoms with van der Waals surface area (Å²) >= 11 is 0. The molecule has 10 aromatic rings. The van der Waals surface area contributed by atoms with Gasteiger partial charge in [-0.15, -0.1) is 0 Å². The summed E-state index contributed by atoms with van der Waals surface area (Å²) < 4.78 is 6.56. The molecule has 0 radical (unpaired) electrons. The molecule has 8 aromatic carbocycles. The number of hydrogen-bond acceptors (Lipinski definition) is 5. The zero-order valence-electron chi connectivity index (χ0n) is 29.0. The number of phenols is 1. The van der Waals surface area contributed by atoms with Crippen molar-refractivity contribution < 1.29 is 9.52 Å². The van der Waals surface area contributed by atoms with E-state index >= 15 is 0 Å². The van der Waals surface area contributed by atoms with Gasteiger partial charge in [0.1, 0.15) is 16.9 Å². The predicted molar refractivity (Wildman–Crippen MR) is 219 cm³/mol. The van der Waals surface area contributed by atoms with Crippen LogP contribution in [0, 0.1) is 0 Å². The Morgan fingerprint density at radius 1 is 0.370 bits per heavy atom. The fraction of sp³-hybridized carbons (Fsp3) is 0.